The first kappa shape index (κ1) is 12.9. The van der Waals surface area contributed by atoms with Crippen LogP contribution in [0.25, 0.3) is 11.0 Å². The number of rotatable bonds is 2. The topological polar surface area (TPSA) is 75.9 Å². The van der Waals surface area contributed by atoms with Crippen molar-refractivity contribution in [1.29, 1.82) is 0 Å². The van der Waals surface area contributed by atoms with Crippen LogP contribution < -0.4 is 9.80 Å². The molecule has 0 N–H and O–H groups in total. The maximum absolute atomic E-state index is 4.45. The van der Waals surface area contributed by atoms with E-state index < -0.39 is 0 Å². The highest BCUT2D eigenvalue weighted by Crippen LogP contribution is 2.23. The molecule has 0 atom stereocenters. The molecule has 8 heteroatoms. The smallest absolute Gasteiger partial charge is 0.225 e. The van der Waals surface area contributed by atoms with Crippen LogP contribution in [0.2, 0.25) is 0 Å². The average Bonchev–Trinajstić information content (AvgIpc) is 2.97. The van der Waals surface area contributed by atoms with Gasteiger partial charge in [-0.15, -0.1) is 0 Å². The van der Waals surface area contributed by atoms with E-state index in [1.165, 1.54) is 0 Å². The van der Waals surface area contributed by atoms with E-state index in [1.807, 2.05) is 19.3 Å². The Labute approximate surface area is 127 Å². The molecule has 0 radical (unpaired) electrons. The Morgan fingerprint density at radius 1 is 0.909 bits per heavy atom. The van der Waals surface area contributed by atoms with Gasteiger partial charge in [0.05, 0.1) is 11.6 Å². The summed E-state index contributed by atoms with van der Waals surface area (Å²) < 4.78 is 1.77. The van der Waals surface area contributed by atoms with Gasteiger partial charge in [0.2, 0.25) is 5.95 Å². The van der Waals surface area contributed by atoms with E-state index in [2.05, 4.69) is 34.8 Å². The van der Waals surface area contributed by atoms with Gasteiger partial charge in [0.15, 0.2) is 5.65 Å². The largest absolute Gasteiger partial charge is 0.352 e. The molecule has 4 rings (SSSR count). The molecule has 0 saturated carbocycles. The maximum Gasteiger partial charge on any atom is 0.225 e. The Morgan fingerprint density at radius 2 is 1.64 bits per heavy atom. The number of piperazine rings is 1. The molecule has 4 heterocycles. The molecule has 0 unspecified atom stereocenters. The fourth-order valence-electron chi connectivity index (χ4n) is 2.77. The van der Waals surface area contributed by atoms with Crippen molar-refractivity contribution in [3.05, 3.63) is 31.0 Å². The lowest BCUT2D eigenvalue weighted by molar-refractivity contribution is 0.636. The highest BCUT2D eigenvalue weighted by molar-refractivity contribution is 5.86. The lowest BCUT2D eigenvalue weighted by Gasteiger charge is -2.35. The van der Waals surface area contributed by atoms with Gasteiger partial charge in [-0.05, 0) is 6.07 Å². The number of aryl methyl sites for hydroxylation is 1. The van der Waals surface area contributed by atoms with Crippen LogP contribution >= 0.6 is 0 Å². The summed E-state index contributed by atoms with van der Waals surface area (Å²) in [5, 5.41) is 5.27. The van der Waals surface area contributed by atoms with Gasteiger partial charge >= 0.3 is 0 Å². The summed E-state index contributed by atoms with van der Waals surface area (Å²) in [5.41, 5.74) is 0.860. The number of nitrogens with zero attached hydrogens (tertiary/aromatic N) is 8. The Balaban J connectivity index is 1.56. The van der Waals surface area contributed by atoms with Crippen LogP contribution in [0.1, 0.15) is 0 Å². The molecule has 0 aromatic carbocycles. The first-order valence-electron chi connectivity index (χ1n) is 7.22. The number of hydrogen-bond acceptors (Lipinski definition) is 7. The summed E-state index contributed by atoms with van der Waals surface area (Å²) in [6.07, 6.45) is 6.99. The number of fused-ring (bicyclic) bond motifs is 1. The van der Waals surface area contributed by atoms with Crippen molar-refractivity contribution in [2.75, 3.05) is 36.0 Å². The third kappa shape index (κ3) is 2.12. The van der Waals surface area contributed by atoms with Gasteiger partial charge in [-0.1, -0.05) is 0 Å². The summed E-state index contributed by atoms with van der Waals surface area (Å²) in [6.45, 7) is 3.49. The van der Waals surface area contributed by atoms with Crippen molar-refractivity contribution < 1.29 is 0 Å². The summed E-state index contributed by atoms with van der Waals surface area (Å²) in [6, 6.07) is 1.83. The quantitative estimate of drug-likeness (QED) is 0.680. The van der Waals surface area contributed by atoms with Crippen molar-refractivity contribution >= 4 is 22.8 Å². The van der Waals surface area contributed by atoms with Gasteiger partial charge in [0, 0.05) is 45.6 Å². The molecule has 3 aromatic rings. The van der Waals surface area contributed by atoms with Gasteiger partial charge in [0.1, 0.15) is 12.1 Å². The van der Waals surface area contributed by atoms with E-state index >= 15 is 0 Å². The first-order chi connectivity index (χ1) is 10.8. The summed E-state index contributed by atoms with van der Waals surface area (Å²) >= 11 is 0. The fourth-order valence-corrected chi connectivity index (χ4v) is 2.77. The molecule has 112 valence electrons. The van der Waals surface area contributed by atoms with Crippen molar-refractivity contribution in [3.8, 4) is 0 Å². The predicted octanol–water partition coefficient (Wildman–Crippen LogP) is 0.480. The van der Waals surface area contributed by atoms with Crippen molar-refractivity contribution in [2.45, 2.75) is 0 Å². The fraction of sp³-hybridized carbons (Fsp3) is 0.357. The second-order valence-corrected chi connectivity index (χ2v) is 5.23. The monoisotopic (exact) mass is 296 g/mol. The van der Waals surface area contributed by atoms with Gasteiger partial charge in [-0.2, -0.15) is 5.10 Å². The van der Waals surface area contributed by atoms with Crippen molar-refractivity contribution in [3.63, 3.8) is 0 Å². The van der Waals surface area contributed by atoms with Gasteiger partial charge in [-0.25, -0.2) is 19.9 Å². The van der Waals surface area contributed by atoms with E-state index in [1.54, 1.807) is 23.4 Å². The van der Waals surface area contributed by atoms with Crippen LogP contribution in [0.4, 0.5) is 11.8 Å². The zero-order valence-electron chi connectivity index (χ0n) is 12.3. The number of aromatic nitrogens is 6. The van der Waals surface area contributed by atoms with E-state index in [9.17, 15) is 0 Å². The second-order valence-electron chi connectivity index (χ2n) is 5.23. The van der Waals surface area contributed by atoms with Crippen LogP contribution in [-0.4, -0.2) is 55.9 Å². The predicted molar refractivity (Wildman–Crippen MR) is 82.8 cm³/mol. The summed E-state index contributed by atoms with van der Waals surface area (Å²) in [4.78, 5) is 21.8. The maximum atomic E-state index is 4.45. The Bertz CT molecular complexity index is 776. The van der Waals surface area contributed by atoms with E-state index in [4.69, 9.17) is 0 Å². The van der Waals surface area contributed by atoms with Gasteiger partial charge < -0.3 is 9.80 Å². The summed E-state index contributed by atoms with van der Waals surface area (Å²) in [5.74, 6) is 1.74. The highest BCUT2D eigenvalue weighted by Gasteiger charge is 2.22. The van der Waals surface area contributed by atoms with Crippen LogP contribution in [0.3, 0.4) is 0 Å². The number of anilines is 2. The van der Waals surface area contributed by atoms with Crippen LogP contribution in [-0.2, 0) is 7.05 Å². The first-order valence-corrected chi connectivity index (χ1v) is 7.22. The second kappa shape index (κ2) is 5.21. The van der Waals surface area contributed by atoms with Gasteiger partial charge in [-0.3, -0.25) is 4.68 Å². The Morgan fingerprint density at radius 3 is 2.41 bits per heavy atom. The van der Waals surface area contributed by atoms with E-state index in [0.717, 1.165) is 49.0 Å². The van der Waals surface area contributed by atoms with E-state index in [-0.39, 0.29) is 0 Å². The molecule has 0 bridgehead atoms. The highest BCUT2D eigenvalue weighted by atomic mass is 15.3. The molecule has 0 spiro atoms. The zero-order chi connectivity index (χ0) is 14.9. The lowest BCUT2D eigenvalue weighted by Crippen LogP contribution is -2.47. The molecule has 3 aromatic heterocycles. The Kier molecular flexibility index (Phi) is 3.06. The van der Waals surface area contributed by atoms with E-state index in [0.29, 0.717) is 0 Å². The Hall–Kier alpha value is -2.77. The molecular formula is C14H16N8. The molecule has 8 nitrogen and oxygen atoms in total. The average molecular weight is 296 g/mol. The molecule has 1 aliphatic heterocycles. The minimum absolute atomic E-state index is 0.788. The van der Waals surface area contributed by atoms with Crippen LogP contribution in [0, 0.1) is 0 Å². The van der Waals surface area contributed by atoms with Crippen LogP contribution in [0.5, 0.6) is 0 Å². The van der Waals surface area contributed by atoms with Crippen LogP contribution in [0.15, 0.2) is 31.0 Å². The molecule has 0 amide bonds. The minimum atomic E-state index is 0.788. The molecule has 0 aliphatic carbocycles. The molecule has 1 fully saturated rings. The van der Waals surface area contributed by atoms with Crippen molar-refractivity contribution in [2.24, 2.45) is 7.05 Å². The van der Waals surface area contributed by atoms with Gasteiger partial charge in [0.25, 0.3) is 0 Å². The third-order valence-corrected chi connectivity index (χ3v) is 3.92. The third-order valence-electron chi connectivity index (χ3n) is 3.92. The lowest BCUT2D eigenvalue weighted by atomic mass is 10.3. The number of hydrogen-bond donors (Lipinski definition) is 0. The molecular weight excluding hydrogens is 280 g/mol. The van der Waals surface area contributed by atoms with Crippen molar-refractivity contribution in [1.82, 2.24) is 29.7 Å². The normalized spacial score (nSPS) is 15.5. The molecule has 1 aliphatic rings. The zero-order valence-corrected chi connectivity index (χ0v) is 12.3. The summed E-state index contributed by atoms with van der Waals surface area (Å²) in [7, 11) is 1.89. The molecule has 1 saturated heterocycles. The molecule has 22 heavy (non-hydrogen) atoms. The minimum Gasteiger partial charge on any atom is -0.352 e. The standard InChI is InChI=1S/C14H16N8/c1-20-12-11(9-19-20)13(18-10-17-12)21-5-7-22(8-6-21)14-15-3-2-4-16-14/h2-4,9-10H,5-8H2,1H3. The SMILES string of the molecule is Cn1ncc2c(N3CCN(c4ncccn4)CC3)ncnc21.